The molecule has 0 aliphatic carbocycles. The minimum absolute atomic E-state index is 0.187. The molecule has 3 N–H and O–H groups in total. The van der Waals surface area contributed by atoms with Gasteiger partial charge in [0.05, 0.1) is 30.2 Å². The van der Waals surface area contributed by atoms with Crippen molar-refractivity contribution in [3.63, 3.8) is 0 Å². The molecule has 0 fully saturated rings. The van der Waals surface area contributed by atoms with Crippen molar-refractivity contribution in [3.8, 4) is 0 Å². The van der Waals surface area contributed by atoms with Crippen molar-refractivity contribution < 1.29 is 14.4 Å². The highest BCUT2D eigenvalue weighted by atomic mass is 35.5. The first kappa shape index (κ1) is 20.2. The first-order chi connectivity index (χ1) is 12.3. The van der Waals surface area contributed by atoms with Crippen LogP contribution in [0, 0.1) is 6.92 Å². The number of nitrogens with one attached hydrogen (secondary N) is 3. The minimum atomic E-state index is -0.509. The maximum Gasteiger partial charge on any atom is 0.253 e. The summed E-state index contributed by atoms with van der Waals surface area (Å²) in [6, 6.07) is 4.43. The number of amides is 3. The zero-order valence-electron chi connectivity index (χ0n) is 13.8. The Hall–Kier alpha value is -2.16. The molecule has 0 bridgehead atoms. The Labute approximate surface area is 164 Å². The largest absolute Gasteiger partial charge is 0.348 e. The van der Waals surface area contributed by atoms with Gasteiger partial charge in [-0.3, -0.25) is 14.4 Å². The van der Waals surface area contributed by atoms with E-state index in [-0.39, 0.29) is 29.6 Å². The molecule has 0 saturated heterocycles. The molecule has 0 atom stereocenters. The van der Waals surface area contributed by atoms with Crippen LogP contribution in [0.1, 0.15) is 21.1 Å². The van der Waals surface area contributed by atoms with Crippen molar-refractivity contribution in [2.75, 3.05) is 13.1 Å². The first-order valence-corrected chi connectivity index (χ1v) is 9.16. The molecule has 1 heterocycles. The van der Waals surface area contributed by atoms with Crippen LogP contribution in [0.3, 0.4) is 0 Å². The van der Waals surface area contributed by atoms with Crippen LogP contribution in [-0.4, -0.2) is 35.8 Å². The summed E-state index contributed by atoms with van der Waals surface area (Å²) >= 11 is 13.1. The van der Waals surface area contributed by atoms with Crippen LogP contribution in [0.2, 0.25) is 10.0 Å². The van der Waals surface area contributed by atoms with Crippen LogP contribution < -0.4 is 16.0 Å². The third kappa shape index (κ3) is 6.29. The lowest BCUT2D eigenvalue weighted by molar-refractivity contribution is -0.125. The van der Waals surface area contributed by atoms with Gasteiger partial charge >= 0.3 is 0 Å². The average Bonchev–Trinajstić information content (AvgIpc) is 3.01. The molecule has 0 aliphatic heterocycles. The number of nitrogens with zero attached hydrogens (tertiary/aromatic N) is 1. The third-order valence-electron chi connectivity index (χ3n) is 3.13. The lowest BCUT2D eigenvalue weighted by atomic mass is 10.2. The van der Waals surface area contributed by atoms with Crippen molar-refractivity contribution in [1.82, 2.24) is 20.9 Å². The maximum absolute atomic E-state index is 12.0. The number of thiazole rings is 1. The normalized spacial score (nSPS) is 10.3. The standard InChI is InChI=1S/C16H16Cl2N4O3S/c1-9-8-26-15(22-9)7-20-13(23)5-19-14(24)6-21-16(25)11-3-2-10(17)4-12(11)18/h2-4,8H,5-7H2,1H3,(H,19,24)(H,20,23)(H,21,25). The Morgan fingerprint density at radius 2 is 1.77 bits per heavy atom. The topological polar surface area (TPSA) is 100 Å². The molecule has 0 saturated carbocycles. The third-order valence-corrected chi connectivity index (χ3v) is 4.65. The van der Waals surface area contributed by atoms with Gasteiger partial charge in [-0.2, -0.15) is 0 Å². The predicted octanol–water partition coefficient (Wildman–Crippen LogP) is 1.92. The number of benzene rings is 1. The van der Waals surface area contributed by atoms with Gasteiger partial charge in [0.15, 0.2) is 0 Å². The van der Waals surface area contributed by atoms with Gasteiger partial charge in [-0.25, -0.2) is 4.98 Å². The van der Waals surface area contributed by atoms with E-state index in [1.54, 1.807) is 0 Å². The van der Waals surface area contributed by atoms with E-state index < -0.39 is 11.8 Å². The SMILES string of the molecule is Cc1csc(CNC(=O)CNC(=O)CNC(=O)c2ccc(Cl)cc2Cl)n1. The zero-order valence-corrected chi connectivity index (χ0v) is 16.1. The first-order valence-electron chi connectivity index (χ1n) is 7.53. The molecule has 0 aliphatic rings. The molecule has 3 amide bonds. The fraction of sp³-hybridized carbons (Fsp3) is 0.250. The summed E-state index contributed by atoms with van der Waals surface area (Å²) < 4.78 is 0. The highest BCUT2D eigenvalue weighted by Gasteiger charge is 2.12. The maximum atomic E-state index is 12.0. The molecule has 1 aromatic carbocycles. The minimum Gasteiger partial charge on any atom is -0.348 e. The molecular weight excluding hydrogens is 399 g/mol. The van der Waals surface area contributed by atoms with Crippen LogP contribution in [0.5, 0.6) is 0 Å². The molecular formula is C16H16Cl2N4O3S. The average molecular weight is 415 g/mol. The van der Waals surface area contributed by atoms with E-state index in [0.717, 1.165) is 10.7 Å². The van der Waals surface area contributed by atoms with Crippen molar-refractivity contribution in [1.29, 1.82) is 0 Å². The number of carbonyl (C=O) groups excluding carboxylic acids is 3. The number of aryl methyl sites for hydroxylation is 1. The fourth-order valence-electron chi connectivity index (χ4n) is 1.89. The van der Waals surface area contributed by atoms with Crippen LogP contribution in [0.15, 0.2) is 23.6 Å². The monoisotopic (exact) mass is 414 g/mol. The molecule has 7 nitrogen and oxygen atoms in total. The lowest BCUT2D eigenvalue weighted by Gasteiger charge is -2.08. The number of aromatic nitrogens is 1. The molecule has 138 valence electrons. The summed E-state index contributed by atoms with van der Waals surface area (Å²) in [6.45, 7) is 1.70. The van der Waals surface area contributed by atoms with Crippen LogP contribution in [0.4, 0.5) is 0 Å². The Balaban J connectivity index is 1.69. The molecule has 0 spiro atoms. The number of halogens is 2. The van der Waals surface area contributed by atoms with Crippen LogP contribution in [-0.2, 0) is 16.1 Å². The van der Waals surface area contributed by atoms with E-state index in [2.05, 4.69) is 20.9 Å². The highest BCUT2D eigenvalue weighted by molar-refractivity contribution is 7.09. The van der Waals surface area contributed by atoms with Gasteiger partial charge in [0.1, 0.15) is 5.01 Å². The van der Waals surface area contributed by atoms with Crippen molar-refractivity contribution in [2.45, 2.75) is 13.5 Å². The van der Waals surface area contributed by atoms with E-state index in [1.165, 1.54) is 29.5 Å². The Kier molecular flexibility index (Phi) is 7.38. The van der Waals surface area contributed by atoms with E-state index in [4.69, 9.17) is 23.2 Å². The summed E-state index contributed by atoms with van der Waals surface area (Å²) in [5.41, 5.74) is 1.10. The predicted molar refractivity (Wildman–Crippen MR) is 101 cm³/mol. The van der Waals surface area contributed by atoms with E-state index in [1.807, 2.05) is 12.3 Å². The molecule has 0 radical (unpaired) electrons. The summed E-state index contributed by atoms with van der Waals surface area (Å²) in [4.78, 5) is 39.6. The van der Waals surface area contributed by atoms with Crippen LogP contribution in [0.25, 0.3) is 0 Å². The quantitative estimate of drug-likeness (QED) is 0.643. The van der Waals surface area contributed by atoms with E-state index >= 15 is 0 Å². The van der Waals surface area contributed by atoms with Gasteiger partial charge in [-0.05, 0) is 25.1 Å². The molecule has 10 heteroatoms. The van der Waals surface area contributed by atoms with Crippen molar-refractivity contribution in [2.24, 2.45) is 0 Å². The van der Waals surface area contributed by atoms with Gasteiger partial charge in [-0.15, -0.1) is 11.3 Å². The van der Waals surface area contributed by atoms with Crippen LogP contribution >= 0.6 is 34.5 Å². The Morgan fingerprint density at radius 3 is 2.42 bits per heavy atom. The summed E-state index contributed by atoms with van der Waals surface area (Å²) in [5, 5.41) is 10.8. The van der Waals surface area contributed by atoms with Gasteiger partial charge in [0.25, 0.3) is 5.91 Å². The summed E-state index contributed by atoms with van der Waals surface area (Å²) in [5.74, 6) is -1.35. The number of rotatable bonds is 7. The highest BCUT2D eigenvalue weighted by Crippen LogP contribution is 2.20. The molecule has 2 rings (SSSR count). The van der Waals surface area contributed by atoms with Crippen molar-refractivity contribution >= 4 is 52.3 Å². The number of hydrogen-bond acceptors (Lipinski definition) is 5. The Morgan fingerprint density at radius 1 is 1.08 bits per heavy atom. The van der Waals surface area contributed by atoms with Crippen molar-refractivity contribution in [3.05, 3.63) is 49.9 Å². The Bertz CT molecular complexity index is 826. The van der Waals surface area contributed by atoms with Gasteiger partial charge in [0, 0.05) is 16.1 Å². The fourth-order valence-corrected chi connectivity index (χ4v) is 3.10. The second-order valence-corrected chi connectivity index (χ2v) is 7.03. The number of hydrogen-bond donors (Lipinski definition) is 3. The summed E-state index contributed by atoms with van der Waals surface area (Å²) in [6.07, 6.45) is 0. The molecule has 26 heavy (non-hydrogen) atoms. The second kappa shape index (κ2) is 9.51. The molecule has 2 aromatic rings. The molecule has 0 unspecified atom stereocenters. The van der Waals surface area contributed by atoms with Gasteiger partial charge in [0.2, 0.25) is 11.8 Å². The lowest BCUT2D eigenvalue weighted by Crippen LogP contribution is -2.41. The molecule has 1 aromatic heterocycles. The summed E-state index contributed by atoms with van der Waals surface area (Å²) in [7, 11) is 0. The second-order valence-electron chi connectivity index (χ2n) is 5.24. The zero-order chi connectivity index (χ0) is 19.1. The van der Waals surface area contributed by atoms with E-state index in [0.29, 0.717) is 11.6 Å². The van der Waals surface area contributed by atoms with Gasteiger partial charge in [-0.1, -0.05) is 23.2 Å². The van der Waals surface area contributed by atoms with Gasteiger partial charge < -0.3 is 16.0 Å². The smallest absolute Gasteiger partial charge is 0.253 e. The van der Waals surface area contributed by atoms with E-state index in [9.17, 15) is 14.4 Å². The number of carbonyl (C=O) groups is 3.